The summed E-state index contributed by atoms with van der Waals surface area (Å²) in [5, 5.41) is 6.82. The lowest BCUT2D eigenvalue weighted by atomic mass is 10.2. The number of hydrogen-bond donors (Lipinski definition) is 1. The van der Waals surface area contributed by atoms with E-state index in [-0.39, 0.29) is 18.1 Å². The monoisotopic (exact) mass is 223 g/mol. The molecule has 0 aliphatic heterocycles. The number of nitrogens with one attached hydrogen (secondary N) is 1. The quantitative estimate of drug-likeness (QED) is 0.694. The van der Waals surface area contributed by atoms with Crippen LogP contribution in [0.25, 0.3) is 0 Å². The molecule has 88 valence electrons. The molecule has 16 heavy (non-hydrogen) atoms. The molecule has 1 amide bonds. The molecule has 0 radical (unpaired) electrons. The summed E-state index contributed by atoms with van der Waals surface area (Å²) in [5.41, 5.74) is 0. The van der Waals surface area contributed by atoms with Gasteiger partial charge in [0.05, 0.1) is 0 Å². The maximum atomic E-state index is 11.2. The van der Waals surface area contributed by atoms with Crippen LogP contribution < -0.4 is 5.32 Å². The Morgan fingerprint density at radius 1 is 1.38 bits per heavy atom. The van der Waals surface area contributed by atoms with Crippen LogP contribution in [0.4, 0.5) is 0 Å². The predicted octanol–water partition coefficient (Wildman–Crippen LogP) is 0.759. The van der Waals surface area contributed by atoms with Crippen molar-refractivity contribution in [3.05, 3.63) is 18.5 Å². The van der Waals surface area contributed by atoms with Gasteiger partial charge in [0, 0.05) is 38.3 Å². The van der Waals surface area contributed by atoms with Crippen LogP contribution in [0.1, 0.15) is 26.2 Å². The largest absolute Gasteiger partial charge is 0.356 e. The number of rotatable bonds is 7. The lowest BCUT2D eigenvalue weighted by Gasteiger charge is -2.04. The number of carbonyl (C=O) groups excluding carboxylic acids is 2. The highest BCUT2D eigenvalue weighted by molar-refractivity contribution is 5.83. The van der Waals surface area contributed by atoms with Gasteiger partial charge in [0.25, 0.3) is 0 Å². The number of amides is 1. The molecule has 0 bridgehead atoms. The van der Waals surface area contributed by atoms with Gasteiger partial charge in [-0.2, -0.15) is 5.10 Å². The molecular weight excluding hydrogens is 206 g/mol. The van der Waals surface area contributed by atoms with Gasteiger partial charge in [0.1, 0.15) is 5.78 Å². The number of ketones is 1. The fourth-order valence-corrected chi connectivity index (χ4v) is 1.28. The molecule has 0 spiro atoms. The molecule has 0 aliphatic rings. The van der Waals surface area contributed by atoms with E-state index in [1.54, 1.807) is 6.20 Å². The molecule has 1 aromatic rings. The molecule has 1 heterocycles. The van der Waals surface area contributed by atoms with Crippen molar-refractivity contribution in [3.63, 3.8) is 0 Å². The van der Waals surface area contributed by atoms with Crippen LogP contribution in [-0.2, 0) is 16.1 Å². The second kappa shape index (κ2) is 6.76. The van der Waals surface area contributed by atoms with Crippen molar-refractivity contribution in [3.8, 4) is 0 Å². The van der Waals surface area contributed by atoms with Crippen molar-refractivity contribution in [1.82, 2.24) is 15.1 Å². The van der Waals surface area contributed by atoms with Crippen LogP contribution in [0.3, 0.4) is 0 Å². The van der Waals surface area contributed by atoms with E-state index in [1.807, 2.05) is 16.9 Å². The number of aromatic nitrogens is 2. The average molecular weight is 223 g/mol. The van der Waals surface area contributed by atoms with E-state index in [0.717, 1.165) is 13.0 Å². The van der Waals surface area contributed by atoms with Gasteiger partial charge in [-0.05, 0) is 19.4 Å². The third kappa shape index (κ3) is 5.29. The van der Waals surface area contributed by atoms with E-state index in [0.29, 0.717) is 13.0 Å². The van der Waals surface area contributed by atoms with Crippen molar-refractivity contribution in [2.24, 2.45) is 0 Å². The highest BCUT2D eigenvalue weighted by atomic mass is 16.2. The van der Waals surface area contributed by atoms with Crippen LogP contribution in [0.2, 0.25) is 0 Å². The SMILES string of the molecule is CC(=O)CCC(=O)NCCCn1cccn1. The summed E-state index contributed by atoms with van der Waals surface area (Å²) in [6.45, 7) is 2.90. The summed E-state index contributed by atoms with van der Waals surface area (Å²) in [6, 6.07) is 1.87. The summed E-state index contributed by atoms with van der Waals surface area (Å²) in [4.78, 5) is 21.9. The topological polar surface area (TPSA) is 64.0 Å². The average Bonchev–Trinajstić information content (AvgIpc) is 2.74. The minimum absolute atomic E-state index is 0.0479. The molecule has 1 N–H and O–H groups in total. The molecule has 0 saturated heterocycles. The molecule has 0 aromatic carbocycles. The van der Waals surface area contributed by atoms with Gasteiger partial charge in [0.15, 0.2) is 0 Å². The molecule has 0 fully saturated rings. The molecule has 0 aliphatic carbocycles. The number of aryl methyl sites for hydroxylation is 1. The molecule has 0 atom stereocenters. The van der Waals surface area contributed by atoms with E-state index in [2.05, 4.69) is 10.4 Å². The van der Waals surface area contributed by atoms with Gasteiger partial charge in [0.2, 0.25) is 5.91 Å². The first-order valence-corrected chi connectivity index (χ1v) is 5.42. The smallest absolute Gasteiger partial charge is 0.220 e. The molecule has 1 aromatic heterocycles. The highest BCUT2D eigenvalue weighted by Gasteiger charge is 2.02. The van der Waals surface area contributed by atoms with Gasteiger partial charge in [-0.1, -0.05) is 0 Å². The molecule has 0 saturated carbocycles. The zero-order valence-electron chi connectivity index (χ0n) is 9.48. The zero-order chi connectivity index (χ0) is 11.8. The lowest BCUT2D eigenvalue weighted by molar-refractivity contribution is -0.124. The van der Waals surface area contributed by atoms with Crippen LogP contribution in [0.15, 0.2) is 18.5 Å². The first-order chi connectivity index (χ1) is 7.68. The summed E-state index contributed by atoms with van der Waals surface area (Å²) in [5.74, 6) is -0.0117. The third-order valence-electron chi connectivity index (χ3n) is 2.15. The highest BCUT2D eigenvalue weighted by Crippen LogP contribution is 1.91. The number of carbonyl (C=O) groups is 2. The number of nitrogens with zero attached hydrogens (tertiary/aromatic N) is 2. The van der Waals surface area contributed by atoms with Crippen molar-refractivity contribution < 1.29 is 9.59 Å². The number of Topliss-reactive ketones (excluding diaryl/α,β-unsaturated/α-hetero) is 1. The first-order valence-electron chi connectivity index (χ1n) is 5.42. The van der Waals surface area contributed by atoms with E-state index >= 15 is 0 Å². The lowest BCUT2D eigenvalue weighted by Crippen LogP contribution is -2.25. The van der Waals surface area contributed by atoms with E-state index < -0.39 is 0 Å². The predicted molar refractivity (Wildman–Crippen MR) is 59.8 cm³/mol. The standard InChI is InChI=1S/C11H17N3O2/c1-10(15)4-5-11(16)12-6-2-8-14-9-3-7-13-14/h3,7,9H,2,4-6,8H2,1H3,(H,12,16). The number of hydrogen-bond acceptors (Lipinski definition) is 3. The Morgan fingerprint density at radius 3 is 2.81 bits per heavy atom. The van der Waals surface area contributed by atoms with Crippen LogP contribution in [0.5, 0.6) is 0 Å². The van der Waals surface area contributed by atoms with Crippen LogP contribution >= 0.6 is 0 Å². The van der Waals surface area contributed by atoms with Gasteiger partial charge >= 0.3 is 0 Å². The van der Waals surface area contributed by atoms with Crippen molar-refractivity contribution >= 4 is 11.7 Å². The Bertz CT molecular complexity index is 333. The normalized spacial score (nSPS) is 10.1. The van der Waals surface area contributed by atoms with Gasteiger partial charge in [-0.3, -0.25) is 9.48 Å². The van der Waals surface area contributed by atoms with E-state index in [1.165, 1.54) is 6.92 Å². The molecule has 1 rings (SSSR count). The minimum Gasteiger partial charge on any atom is -0.356 e. The maximum Gasteiger partial charge on any atom is 0.220 e. The Hall–Kier alpha value is -1.65. The molecule has 5 heteroatoms. The van der Waals surface area contributed by atoms with Crippen molar-refractivity contribution in [1.29, 1.82) is 0 Å². The van der Waals surface area contributed by atoms with E-state index in [4.69, 9.17) is 0 Å². The summed E-state index contributed by atoms with van der Waals surface area (Å²) in [6.07, 6.45) is 5.07. The fourth-order valence-electron chi connectivity index (χ4n) is 1.28. The Balaban J connectivity index is 2.02. The van der Waals surface area contributed by atoms with E-state index in [9.17, 15) is 9.59 Å². The van der Waals surface area contributed by atoms with Crippen molar-refractivity contribution in [2.75, 3.05) is 6.54 Å². The minimum atomic E-state index is -0.0596. The second-order valence-corrected chi connectivity index (χ2v) is 3.67. The Labute approximate surface area is 94.8 Å². The third-order valence-corrected chi connectivity index (χ3v) is 2.15. The molecule has 5 nitrogen and oxygen atoms in total. The summed E-state index contributed by atoms with van der Waals surface area (Å²) >= 11 is 0. The summed E-state index contributed by atoms with van der Waals surface area (Å²) in [7, 11) is 0. The fraction of sp³-hybridized carbons (Fsp3) is 0.545. The Morgan fingerprint density at radius 2 is 2.19 bits per heavy atom. The second-order valence-electron chi connectivity index (χ2n) is 3.67. The van der Waals surface area contributed by atoms with Crippen molar-refractivity contribution in [2.45, 2.75) is 32.7 Å². The van der Waals surface area contributed by atoms with Gasteiger partial charge in [-0.25, -0.2) is 0 Å². The summed E-state index contributed by atoms with van der Waals surface area (Å²) < 4.78 is 1.82. The molecular formula is C11H17N3O2. The molecule has 0 unspecified atom stereocenters. The zero-order valence-corrected chi connectivity index (χ0v) is 9.48. The van der Waals surface area contributed by atoms with Crippen LogP contribution in [0, 0.1) is 0 Å². The Kier molecular flexibility index (Phi) is 5.25. The van der Waals surface area contributed by atoms with Gasteiger partial charge in [-0.15, -0.1) is 0 Å². The van der Waals surface area contributed by atoms with Crippen LogP contribution in [-0.4, -0.2) is 28.0 Å². The maximum absolute atomic E-state index is 11.2. The van der Waals surface area contributed by atoms with Gasteiger partial charge < -0.3 is 10.1 Å². The first kappa shape index (κ1) is 12.4.